The minimum Gasteiger partial charge on any atom is -0.370 e. The Kier molecular flexibility index (Phi) is 5.58. The largest absolute Gasteiger partial charge is 0.416 e. The molecule has 0 bridgehead atoms. The second-order valence-electron chi connectivity index (χ2n) is 7.68. The minimum absolute atomic E-state index is 0.0321. The fraction of sp³-hybridized carbons (Fsp3) is 0.579. The summed E-state index contributed by atoms with van der Waals surface area (Å²) in [6.07, 6.45) is -4.55. The van der Waals surface area contributed by atoms with Crippen LogP contribution in [0.5, 0.6) is 0 Å². The van der Waals surface area contributed by atoms with Gasteiger partial charge in [-0.2, -0.15) is 13.2 Å². The summed E-state index contributed by atoms with van der Waals surface area (Å²) in [6, 6.07) is 2.03. The number of fused-ring (bicyclic) bond motifs is 1. The average Bonchev–Trinajstić information content (AvgIpc) is 2.66. The highest BCUT2D eigenvalue weighted by molar-refractivity contribution is 5.79. The number of nitrogens with zero attached hydrogens (tertiary/aromatic N) is 2. The molecule has 3 fully saturated rings. The van der Waals surface area contributed by atoms with Crippen LogP contribution >= 0.6 is 0 Å². The first-order valence-corrected chi connectivity index (χ1v) is 9.63. The number of likely N-dealkylation sites (tertiary alicyclic amines) is 2. The Hall–Kier alpha value is -2.40. The molecule has 3 amide bonds. The first-order chi connectivity index (χ1) is 14.2. The van der Waals surface area contributed by atoms with E-state index < -0.39 is 23.7 Å². The molecule has 1 aromatic rings. The predicted octanol–water partition coefficient (Wildman–Crippen LogP) is 1.75. The first-order valence-electron chi connectivity index (χ1n) is 9.63. The highest BCUT2D eigenvalue weighted by Crippen LogP contribution is 2.33. The van der Waals surface area contributed by atoms with E-state index in [0.29, 0.717) is 25.6 Å². The number of hydrogen-bond donors (Lipinski definition) is 1. The second kappa shape index (κ2) is 8.03. The molecule has 3 aliphatic heterocycles. The first kappa shape index (κ1) is 20.9. The van der Waals surface area contributed by atoms with Gasteiger partial charge < -0.3 is 24.6 Å². The molecule has 2 atom stereocenters. The summed E-state index contributed by atoms with van der Waals surface area (Å²) in [5, 5.41) is 2.83. The van der Waals surface area contributed by atoms with Crippen molar-refractivity contribution in [2.75, 3.05) is 32.8 Å². The van der Waals surface area contributed by atoms with E-state index in [0.717, 1.165) is 12.1 Å². The van der Waals surface area contributed by atoms with E-state index >= 15 is 0 Å². The van der Waals surface area contributed by atoms with Crippen molar-refractivity contribution < 1.29 is 36.6 Å². The summed E-state index contributed by atoms with van der Waals surface area (Å²) in [5.74, 6) is -1.17. The van der Waals surface area contributed by atoms with Gasteiger partial charge in [0.1, 0.15) is 12.4 Å². The number of ether oxygens (including phenoxy) is 2. The molecule has 30 heavy (non-hydrogen) atoms. The normalized spacial score (nSPS) is 24.9. The molecule has 3 heterocycles. The van der Waals surface area contributed by atoms with Crippen LogP contribution < -0.4 is 5.32 Å². The van der Waals surface area contributed by atoms with Crippen molar-refractivity contribution >= 4 is 11.9 Å². The zero-order chi connectivity index (χ0) is 21.5. The average molecular weight is 431 g/mol. The van der Waals surface area contributed by atoms with Crippen LogP contribution in [0.25, 0.3) is 0 Å². The van der Waals surface area contributed by atoms with E-state index in [9.17, 15) is 27.2 Å². The maximum atomic E-state index is 13.2. The van der Waals surface area contributed by atoms with Crippen LogP contribution in [-0.4, -0.2) is 72.8 Å². The number of halogens is 4. The molecule has 0 saturated carbocycles. The SMILES string of the molecule is O=C1CO[C@H]2CCN(C(=O)N3CC(OCc4ccc(F)cc4C(F)(F)F)C3)C[C@H]2N1. The summed E-state index contributed by atoms with van der Waals surface area (Å²) >= 11 is 0. The number of hydrogen-bond acceptors (Lipinski definition) is 4. The number of amides is 3. The van der Waals surface area contributed by atoms with Gasteiger partial charge in [-0.25, -0.2) is 9.18 Å². The number of benzene rings is 1. The van der Waals surface area contributed by atoms with Gasteiger partial charge in [0.25, 0.3) is 0 Å². The third-order valence-corrected chi connectivity index (χ3v) is 5.57. The second-order valence-corrected chi connectivity index (χ2v) is 7.68. The number of carbonyl (C=O) groups is 2. The number of carbonyl (C=O) groups excluding carboxylic acids is 2. The number of nitrogens with one attached hydrogen (secondary N) is 1. The summed E-state index contributed by atoms with van der Waals surface area (Å²) in [7, 11) is 0. The highest BCUT2D eigenvalue weighted by Gasteiger charge is 2.40. The molecule has 11 heteroatoms. The van der Waals surface area contributed by atoms with Gasteiger partial charge in [0.2, 0.25) is 5.91 Å². The molecule has 1 N–H and O–H groups in total. The molecule has 0 aromatic heterocycles. The van der Waals surface area contributed by atoms with E-state index in [4.69, 9.17) is 9.47 Å². The van der Waals surface area contributed by atoms with Crippen molar-refractivity contribution in [1.29, 1.82) is 0 Å². The summed E-state index contributed by atoms with van der Waals surface area (Å²) < 4.78 is 63.3. The van der Waals surface area contributed by atoms with Crippen molar-refractivity contribution in [1.82, 2.24) is 15.1 Å². The Balaban J connectivity index is 1.27. The quantitative estimate of drug-likeness (QED) is 0.741. The van der Waals surface area contributed by atoms with Crippen LogP contribution in [0.2, 0.25) is 0 Å². The third-order valence-electron chi connectivity index (χ3n) is 5.57. The minimum atomic E-state index is -4.67. The van der Waals surface area contributed by atoms with Gasteiger partial charge in [-0.15, -0.1) is 0 Å². The Bertz CT molecular complexity index is 828. The molecule has 0 aliphatic carbocycles. The van der Waals surface area contributed by atoms with Gasteiger partial charge >= 0.3 is 12.2 Å². The number of rotatable bonds is 3. The van der Waals surface area contributed by atoms with E-state index in [1.165, 1.54) is 0 Å². The van der Waals surface area contributed by atoms with E-state index in [1.807, 2.05) is 0 Å². The fourth-order valence-electron chi connectivity index (χ4n) is 3.92. The van der Waals surface area contributed by atoms with E-state index in [2.05, 4.69) is 5.32 Å². The van der Waals surface area contributed by atoms with Gasteiger partial charge in [0, 0.05) is 13.1 Å². The molecule has 0 radical (unpaired) electrons. The molecule has 4 rings (SSSR count). The van der Waals surface area contributed by atoms with Gasteiger partial charge in [-0.1, -0.05) is 6.07 Å². The molecule has 3 saturated heterocycles. The molecular weight excluding hydrogens is 410 g/mol. The lowest BCUT2D eigenvalue weighted by atomic mass is 10.0. The number of alkyl halides is 3. The molecule has 0 spiro atoms. The van der Waals surface area contributed by atoms with Crippen molar-refractivity contribution in [2.45, 2.75) is 37.5 Å². The Morgan fingerprint density at radius 2 is 2.00 bits per heavy atom. The van der Waals surface area contributed by atoms with Crippen LogP contribution in [0.15, 0.2) is 18.2 Å². The zero-order valence-electron chi connectivity index (χ0n) is 16.0. The Morgan fingerprint density at radius 3 is 2.73 bits per heavy atom. The molecule has 0 unspecified atom stereocenters. The van der Waals surface area contributed by atoms with Crippen molar-refractivity contribution in [2.24, 2.45) is 0 Å². The topological polar surface area (TPSA) is 71.1 Å². The highest BCUT2D eigenvalue weighted by atomic mass is 19.4. The smallest absolute Gasteiger partial charge is 0.370 e. The van der Waals surface area contributed by atoms with Gasteiger partial charge in [-0.05, 0) is 24.1 Å². The van der Waals surface area contributed by atoms with Crippen LogP contribution in [-0.2, 0) is 27.1 Å². The van der Waals surface area contributed by atoms with Gasteiger partial charge in [0.05, 0.1) is 43.5 Å². The summed E-state index contributed by atoms with van der Waals surface area (Å²) in [4.78, 5) is 27.3. The standard InChI is InChI=1S/C19H21F4N3O4/c20-12-2-1-11(14(5-12)19(21,22)23)9-29-13-6-26(7-13)18(28)25-4-3-16-15(8-25)24-17(27)10-30-16/h1-2,5,13,15-16H,3-4,6-10H2,(H,24,27)/t15-,16+/m1/s1. The molecule has 3 aliphatic rings. The maximum Gasteiger partial charge on any atom is 0.416 e. The summed E-state index contributed by atoms with van der Waals surface area (Å²) in [6.45, 7) is 1.08. The van der Waals surface area contributed by atoms with Crippen LogP contribution in [0.4, 0.5) is 22.4 Å². The van der Waals surface area contributed by atoms with E-state index in [1.54, 1.807) is 9.80 Å². The summed E-state index contributed by atoms with van der Waals surface area (Å²) in [5.41, 5.74) is -1.21. The van der Waals surface area contributed by atoms with Crippen molar-refractivity contribution in [3.05, 3.63) is 35.1 Å². The number of urea groups is 1. The monoisotopic (exact) mass is 431 g/mol. The number of morpholine rings is 1. The van der Waals surface area contributed by atoms with Crippen molar-refractivity contribution in [3.63, 3.8) is 0 Å². The Morgan fingerprint density at radius 1 is 1.23 bits per heavy atom. The molecule has 164 valence electrons. The lowest BCUT2D eigenvalue weighted by Crippen LogP contribution is -2.65. The number of piperidine rings is 1. The van der Waals surface area contributed by atoms with E-state index in [-0.39, 0.29) is 56.0 Å². The van der Waals surface area contributed by atoms with Crippen LogP contribution in [0.3, 0.4) is 0 Å². The zero-order valence-corrected chi connectivity index (χ0v) is 16.0. The molecular formula is C19H21F4N3O4. The predicted molar refractivity (Wildman–Crippen MR) is 94.8 cm³/mol. The maximum absolute atomic E-state index is 13.2. The third kappa shape index (κ3) is 4.36. The Labute approximate surface area is 169 Å². The fourth-order valence-corrected chi connectivity index (χ4v) is 3.92. The van der Waals surface area contributed by atoms with Gasteiger partial charge in [0.15, 0.2) is 0 Å². The lowest BCUT2D eigenvalue weighted by Gasteiger charge is -2.46. The van der Waals surface area contributed by atoms with Crippen LogP contribution in [0.1, 0.15) is 17.5 Å². The van der Waals surface area contributed by atoms with Crippen molar-refractivity contribution in [3.8, 4) is 0 Å². The molecule has 7 nitrogen and oxygen atoms in total. The van der Waals surface area contributed by atoms with Gasteiger partial charge in [-0.3, -0.25) is 4.79 Å². The lowest BCUT2D eigenvalue weighted by molar-refractivity contribution is -0.141. The van der Waals surface area contributed by atoms with Crippen LogP contribution in [0, 0.1) is 5.82 Å². The molecule has 1 aromatic carbocycles.